The van der Waals surface area contributed by atoms with Crippen LogP contribution in [-0.2, 0) is 31.9 Å². The van der Waals surface area contributed by atoms with Gasteiger partial charge in [-0.05, 0) is 19.8 Å². The quantitative estimate of drug-likeness (QED) is 0.512. The second-order valence-electron chi connectivity index (χ2n) is 7.52. The lowest BCUT2D eigenvalue weighted by molar-refractivity contribution is 0.0521. The van der Waals surface area contributed by atoms with E-state index in [-0.39, 0.29) is 24.3 Å². The molecule has 2 rings (SSSR count). The molecular formula is C22H32N4O8. The number of nitrogens with zero attached hydrogens (tertiary/aromatic N) is 4. The number of carbonyl (C=O) groups excluding carboxylic acids is 1. The summed E-state index contributed by atoms with van der Waals surface area (Å²) in [5, 5.41) is 8.80. The van der Waals surface area contributed by atoms with Crippen molar-refractivity contribution in [1.29, 1.82) is 0 Å². The van der Waals surface area contributed by atoms with E-state index in [1.165, 1.54) is 24.9 Å². The lowest BCUT2D eigenvalue weighted by Crippen LogP contribution is -2.41. The van der Waals surface area contributed by atoms with E-state index in [4.69, 9.17) is 9.84 Å². The summed E-state index contributed by atoms with van der Waals surface area (Å²) in [4.78, 5) is 69.5. The fraction of sp³-hybridized carbons (Fsp3) is 0.545. The van der Waals surface area contributed by atoms with Gasteiger partial charge in [-0.15, -0.1) is 0 Å². The number of hydrogen-bond donors (Lipinski definition) is 1. The zero-order valence-electron chi connectivity index (χ0n) is 20.2. The zero-order valence-corrected chi connectivity index (χ0v) is 20.2. The standard InChI is InChI=1S/C12H18N2O4.C10H14N2O4/c1-4-6-7-14-10(15)9(11(16)18-5-2)8-13(3)12(14)17;1-3-4-5-12-8(13)7(9(14)15)6-11(2)10(12)16/h8H,4-7H2,1-3H3;6H,3-5H2,1-2H3,(H,14,15). The van der Waals surface area contributed by atoms with E-state index in [0.29, 0.717) is 19.4 Å². The van der Waals surface area contributed by atoms with E-state index in [1.807, 2.05) is 13.8 Å². The van der Waals surface area contributed by atoms with Gasteiger partial charge >= 0.3 is 23.3 Å². The Kier molecular flexibility index (Phi) is 10.9. The average Bonchev–Trinajstić information content (AvgIpc) is 2.79. The van der Waals surface area contributed by atoms with Crippen molar-refractivity contribution in [2.45, 2.75) is 59.5 Å². The summed E-state index contributed by atoms with van der Waals surface area (Å²) >= 11 is 0. The van der Waals surface area contributed by atoms with E-state index in [1.54, 1.807) is 6.92 Å². The Bertz CT molecular complexity index is 1250. The molecule has 1 N–H and O–H groups in total. The largest absolute Gasteiger partial charge is 0.477 e. The Morgan fingerprint density at radius 2 is 1.21 bits per heavy atom. The van der Waals surface area contributed by atoms with E-state index < -0.39 is 34.4 Å². The van der Waals surface area contributed by atoms with Crippen molar-refractivity contribution in [3.63, 3.8) is 0 Å². The number of carboxylic acids is 1. The van der Waals surface area contributed by atoms with Crippen LogP contribution in [0.1, 0.15) is 67.2 Å². The van der Waals surface area contributed by atoms with Gasteiger partial charge < -0.3 is 19.0 Å². The molecule has 188 valence electrons. The summed E-state index contributed by atoms with van der Waals surface area (Å²) < 4.78 is 9.18. The summed E-state index contributed by atoms with van der Waals surface area (Å²) in [6.45, 7) is 6.31. The van der Waals surface area contributed by atoms with E-state index in [0.717, 1.165) is 32.7 Å². The highest BCUT2D eigenvalue weighted by molar-refractivity contribution is 5.88. The Labute approximate surface area is 195 Å². The van der Waals surface area contributed by atoms with Crippen LogP contribution in [0.15, 0.2) is 31.6 Å². The van der Waals surface area contributed by atoms with Crippen molar-refractivity contribution >= 4 is 11.9 Å². The monoisotopic (exact) mass is 480 g/mol. The van der Waals surface area contributed by atoms with E-state index in [9.17, 15) is 28.8 Å². The fourth-order valence-corrected chi connectivity index (χ4v) is 2.98. The molecule has 12 heteroatoms. The average molecular weight is 481 g/mol. The van der Waals surface area contributed by atoms with Crippen LogP contribution >= 0.6 is 0 Å². The Morgan fingerprint density at radius 3 is 1.59 bits per heavy atom. The highest BCUT2D eigenvalue weighted by Crippen LogP contribution is 1.95. The SMILES string of the molecule is CCCCn1c(=O)c(C(=O)O)cn(C)c1=O.CCCCn1c(=O)c(C(=O)OCC)cn(C)c1=O. The number of ether oxygens (including phenoxy) is 1. The second kappa shape index (κ2) is 13.1. The van der Waals surface area contributed by atoms with Crippen molar-refractivity contribution < 1.29 is 19.4 Å². The molecule has 0 aliphatic carbocycles. The number of unbranched alkanes of at least 4 members (excludes halogenated alkanes) is 2. The number of hydrogen-bond acceptors (Lipinski definition) is 7. The number of aryl methyl sites for hydroxylation is 2. The van der Waals surface area contributed by atoms with Crippen molar-refractivity contribution in [2.24, 2.45) is 14.1 Å². The molecule has 0 bridgehead atoms. The molecule has 0 saturated carbocycles. The van der Waals surface area contributed by atoms with Gasteiger partial charge in [0.05, 0.1) is 6.61 Å². The van der Waals surface area contributed by atoms with Crippen LogP contribution in [0.3, 0.4) is 0 Å². The lowest BCUT2D eigenvalue weighted by atomic mass is 10.3. The van der Waals surface area contributed by atoms with Crippen LogP contribution < -0.4 is 22.5 Å². The molecule has 0 radical (unpaired) electrons. The Balaban J connectivity index is 0.000000342. The first kappa shape index (κ1) is 28.3. The minimum absolute atomic E-state index is 0.102. The van der Waals surface area contributed by atoms with Gasteiger partial charge in [-0.1, -0.05) is 26.7 Å². The number of carboxylic acid groups (broad SMARTS) is 1. The van der Waals surface area contributed by atoms with Crippen molar-refractivity contribution in [3.05, 3.63) is 65.2 Å². The normalized spacial score (nSPS) is 10.4. The fourth-order valence-electron chi connectivity index (χ4n) is 2.98. The molecule has 0 spiro atoms. The van der Waals surface area contributed by atoms with Gasteiger partial charge in [0.2, 0.25) is 0 Å². The highest BCUT2D eigenvalue weighted by atomic mass is 16.5. The second-order valence-corrected chi connectivity index (χ2v) is 7.52. The van der Waals surface area contributed by atoms with Crippen LogP contribution in [0.4, 0.5) is 0 Å². The Hall–Kier alpha value is -3.70. The smallest absolute Gasteiger partial charge is 0.345 e. The number of aromatic nitrogens is 4. The van der Waals surface area contributed by atoms with Crippen LogP contribution in [-0.4, -0.2) is 41.9 Å². The van der Waals surface area contributed by atoms with Crippen molar-refractivity contribution in [3.8, 4) is 0 Å². The first-order valence-corrected chi connectivity index (χ1v) is 11.0. The molecule has 34 heavy (non-hydrogen) atoms. The van der Waals surface area contributed by atoms with Crippen LogP contribution in [0, 0.1) is 0 Å². The predicted molar refractivity (Wildman–Crippen MR) is 125 cm³/mol. The molecular weight excluding hydrogens is 448 g/mol. The minimum Gasteiger partial charge on any atom is -0.477 e. The number of rotatable bonds is 9. The summed E-state index contributed by atoms with van der Waals surface area (Å²) in [5.41, 5.74) is -2.69. The molecule has 0 aromatic carbocycles. The molecule has 2 heterocycles. The summed E-state index contributed by atoms with van der Waals surface area (Å²) in [7, 11) is 2.93. The first-order valence-electron chi connectivity index (χ1n) is 11.0. The molecule has 2 aromatic rings. The summed E-state index contributed by atoms with van der Waals surface area (Å²) in [6, 6.07) is 0. The maximum absolute atomic E-state index is 12.0. The molecule has 0 atom stereocenters. The highest BCUT2D eigenvalue weighted by Gasteiger charge is 2.17. The van der Waals surface area contributed by atoms with E-state index in [2.05, 4.69) is 0 Å². The third-order valence-electron chi connectivity index (χ3n) is 4.86. The summed E-state index contributed by atoms with van der Waals surface area (Å²) in [6.07, 6.45) is 5.34. The molecule has 0 aliphatic heterocycles. The van der Waals surface area contributed by atoms with Gasteiger partial charge in [-0.3, -0.25) is 18.7 Å². The van der Waals surface area contributed by atoms with Crippen LogP contribution in [0.25, 0.3) is 0 Å². The maximum Gasteiger partial charge on any atom is 0.345 e. The first-order chi connectivity index (χ1) is 16.0. The Morgan fingerprint density at radius 1 is 0.794 bits per heavy atom. The molecule has 12 nitrogen and oxygen atoms in total. The van der Waals surface area contributed by atoms with Crippen LogP contribution in [0.2, 0.25) is 0 Å². The maximum atomic E-state index is 12.0. The zero-order chi connectivity index (χ0) is 26.0. The van der Waals surface area contributed by atoms with Crippen molar-refractivity contribution in [1.82, 2.24) is 18.3 Å². The number of aromatic carboxylic acids is 1. The van der Waals surface area contributed by atoms with Gasteiger partial charge in [-0.2, -0.15) is 0 Å². The van der Waals surface area contributed by atoms with Gasteiger partial charge in [-0.25, -0.2) is 19.2 Å². The third-order valence-corrected chi connectivity index (χ3v) is 4.86. The van der Waals surface area contributed by atoms with Gasteiger partial charge in [0.1, 0.15) is 11.1 Å². The van der Waals surface area contributed by atoms with Crippen LogP contribution in [0.5, 0.6) is 0 Å². The molecule has 0 fully saturated rings. The van der Waals surface area contributed by atoms with Crippen molar-refractivity contribution in [2.75, 3.05) is 6.61 Å². The minimum atomic E-state index is -1.31. The van der Waals surface area contributed by atoms with Gasteiger partial charge in [0.15, 0.2) is 0 Å². The molecule has 0 unspecified atom stereocenters. The number of esters is 1. The van der Waals surface area contributed by atoms with E-state index >= 15 is 0 Å². The molecule has 0 saturated heterocycles. The van der Waals surface area contributed by atoms with Gasteiger partial charge in [0.25, 0.3) is 11.1 Å². The molecule has 2 aromatic heterocycles. The predicted octanol–water partition coefficient (Wildman–Crippen LogP) is 0.569. The summed E-state index contributed by atoms with van der Waals surface area (Å²) in [5.74, 6) is -2.01. The topological polar surface area (TPSA) is 152 Å². The molecule has 0 aliphatic rings. The lowest BCUT2D eigenvalue weighted by Gasteiger charge is -2.09. The number of carbonyl (C=O) groups is 2. The third kappa shape index (κ3) is 6.90. The molecule has 0 amide bonds. The van der Waals surface area contributed by atoms with Gasteiger partial charge in [0, 0.05) is 39.6 Å².